The molecule has 0 aliphatic heterocycles. The van der Waals surface area contributed by atoms with E-state index in [2.05, 4.69) is 37.3 Å². The summed E-state index contributed by atoms with van der Waals surface area (Å²) in [4.78, 5) is 8.29. The lowest BCUT2D eigenvalue weighted by atomic mass is 9.94. The first-order valence-electron chi connectivity index (χ1n) is 5.85. The Kier molecular flexibility index (Phi) is 4.01. The van der Waals surface area contributed by atoms with E-state index in [0.29, 0.717) is 16.8 Å². The number of hydrogen-bond acceptors (Lipinski definition) is 6. The van der Waals surface area contributed by atoms with Crippen LogP contribution in [0, 0.1) is 0 Å². The number of rotatable bonds is 4. The van der Waals surface area contributed by atoms with Gasteiger partial charge in [0, 0.05) is 16.7 Å². The molecule has 6 heteroatoms. The summed E-state index contributed by atoms with van der Waals surface area (Å²) in [5.41, 5.74) is 6.42. The van der Waals surface area contributed by atoms with Crippen molar-refractivity contribution in [2.45, 2.75) is 30.4 Å². The predicted octanol–water partition coefficient (Wildman–Crippen LogP) is 3.82. The quantitative estimate of drug-likeness (QED) is 0.869. The maximum absolute atomic E-state index is 5.74. The Labute approximate surface area is 121 Å². The fourth-order valence-corrected chi connectivity index (χ4v) is 3.00. The van der Waals surface area contributed by atoms with Crippen LogP contribution in [0.5, 0.6) is 0 Å². The summed E-state index contributed by atoms with van der Waals surface area (Å²) < 4.78 is 6.81. The van der Waals surface area contributed by atoms with Crippen LogP contribution in [0.1, 0.15) is 32.4 Å². The van der Waals surface area contributed by atoms with Crippen molar-refractivity contribution in [3.63, 3.8) is 0 Å². The molecular weight excluding hydrogens is 278 g/mol. The normalized spacial score (nSPS) is 11.7. The molecule has 0 unspecified atom stereocenters. The largest absolute Gasteiger partial charge is 0.441 e. The summed E-state index contributed by atoms with van der Waals surface area (Å²) in [7, 11) is 0. The zero-order chi connectivity index (χ0) is 14.0. The summed E-state index contributed by atoms with van der Waals surface area (Å²) in [6.07, 6.45) is 3.55. The van der Waals surface area contributed by atoms with Crippen LogP contribution < -0.4 is 5.73 Å². The summed E-state index contributed by atoms with van der Waals surface area (Å²) in [6, 6.07) is 0. The minimum Gasteiger partial charge on any atom is -0.441 e. The molecule has 102 valence electrons. The van der Waals surface area contributed by atoms with E-state index in [9.17, 15) is 0 Å². The van der Waals surface area contributed by atoms with Gasteiger partial charge in [-0.15, -0.1) is 11.8 Å². The topological polar surface area (TPSA) is 64.9 Å². The summed E-state index contributed by atoms with van der Waals surface area (Å²) >= 11 is 3.11. The second kappa shape index (κ2) is 5.38. The average Bonchev–Trinajstić information content (AvgIpc) is 2.93. The van der Waals surface area contributed by atoms with E-state index in [0.717, 1.165) is 15.5 Å². The van der Waals surface area contributed by atoms with Gasteiger partial charge < -0.3 is 10.2 Å². The summed E-state index contributed by atoms with van der Waals surface area (Å²) in [5, 5.41) is 0.583. The molecule has 0 fully saturated rings. The molecule has 0 aliphatic rings. The first kappa shape index (κ1) is 14.1. The third-order valence-electron chi connectivity index (χ3n) is 2.44. The summed E-state index contributed by atoms with van der Waals surface area (Å²) in [6.45, 7) is 10.3. The average molecular weight is 295 g/mol. The minimum absolute atomic E-state index is 0.0369. The number of nitrogens with two attached hydrogens (primary N) is 1. The molecule has 2 N–H and O–H groups in total. The van der Waals surface area contributed by atoms with Gasteiger partial charge in [0.2, 0.25) is 5.89 Å². The number of nitrogen functional groups attached to an aromatic ring is 1. The fraction of sp³-hybridized carbons (Fsp3) is 0.385. The van der Waals surface area contributed by atoms with Crippen molar-refractivity contribution in [2.24, 2.45) is 0 Å². The number of thiazole rings is 1. The molecule has 19 heavy (non-hydrogen) atoms. The molecule has 2 heterocycles. The molecule has 0 bridgehead atoms. The molecule has 0 radical (unpaired) electrons. The number of oxazole rings is 1. The van der Waals surface area contributed by atoms with Gasteiger partial charge >= 0.3 is 0 Å². The van der Waals surface area contributed by atoms with E-state index in [4.69, 9.17) is 10.2 Å². The lowest BCUT2D eigenvalue weighted by Gasteiger charge is -2.13. The third kappa shape index (κ3) is 3.61. The maximum atomic E-state index is 5.74. The predicted molar refractivity (Wildman–Crippen MR) is 81.5 cm³/mol. The van der Waals surface area contributed by atoms with Crippen LogP contribution in [-0.4, -0.2) is 15.7 Å². The van der Waals surface area contributed by atoms with Crippen molar-refractivity contribution in [1.82, 2.24) is 9.97 Å². The van der Waals surface area contributed by atoms with Gasteiger partial charge in [0.1, 0.15) is 5.76 Å². The van der Waals surface area contributed by atoms with Gasteiger partial charge in [0.15, 0.2) is 5.13 Å². The zero-order valence-corrected chi connectivity index (χ0v) is 12.9. The number of nitrogens with zero attached hydrogens (tertiary/aromatic N) is 2. The van der Waals surface area contributed by atoms with Gasteiger partial charge in [-0.05, 0) is 0 Å². The van der Waals surface area contributed by atoms with Gasteiger partial charge in [-0.1, -0.05) is 38.7 Å². The molecule has 4 nitrogen and oxygen atoms in total. The third-order valence-corrected chi connectivity index (χ3v) is 4.55. The molecule has 2 rings (SSSR count). The number of aromatic nitrogens is 2. The Balaban J connectivity index is 1.98. The van der Waals surface area contributed by atoms with E-state index >= 15 is 0 Å². The molecule has 0 saturated carbocycles. The molecule has 0 amide bonds. The Morgan fingerprint density at radius 2 is 2.16 bits per heavy atom. The monoisotopic (exact) mass is 295 g/mol. The van der Waals surface area contributed by atoms with Crippen LogP contribution in [0.2, 0.25) is 0 Å². The van der Waals surface area contributed by atoms with Crippen LogP contribution >= 0.6 is 23.1 Å². The molecule has 2 aromatic rings. The van der Waals surface area contributed by atoms with Crippen molar-refractivity contribution in [3.05, 3.63) is 30.6 Å². The molecule has 0 saturated heterocycles. The van der Waals surface area contributed by atoms with E-state index in [1.54, 1.807) is 24.2 Å². The van der Waals surface area contributed by atoms with Gasteiger partial charge in [-0.3, -0.25) is 0 Å². The minimum atomic E-state index is -0.0369. The lowest BCUT2D eigenvalue weighted by molar-refractivity contribution is 0.401. The lowest BCUT2D eigenvalue weighted by Crippen LogP contribution is -2.09. The van der Waals surface area contributed by atoms with Crippen LogP contribution in [0.25, 0.3) is 5.57 Å². The molecular formula is C13H17N3OS2. The Morgan fingerprint density at radius 1 is 1.42 bits per heavy atom. The van der Waals surface area contributed by atoms with Crippen LogP contribution in [0.4, 0.5) is 5.13 Å². The van der Waals surface area contributed by atoms with E-state index in [-0.39, 0.29) is 5.41 Å². The molecule has 2 aromatic heterocycles. The summed E-state index contributed by atoms with van der Waals surface area (Å²) in [5.74, 6) is 2.19. The van der Waals surface area contributed by atoms with E-state index in [1.165, 1.54) is 11.3 Å². The Bertz CT molecular complexity index is 581. The number of anilines is 1. The first-order valence-corrected chi connectivity index (χ1v) is 7.65. The highest BCUT2D eigenvalue weighted by Crippen LogP contribution is 2.31. The SMILES string of the molecule is C=C(CSc1cnc(N)s1)c1ncc(C(C)(C)C)o1. The molecule has 0 aliphatic carbocycles. The van der Waals surface area contributed by atoms with Gasteiger partial charge in [0.05, 0.1) is 16.6 Å². The van der Waals surface area contributed by atoms with Crippen molar-refractivity contribution in [2.75, 3.05) is 11.5 Å². The van der Waals surface area contributed by atoms with Gasteiger partial charge in [-0.25, -0.2) is 9.97 Å². The first-order chi connectivity index (χ1) is 8.86. The Morgan fingerprint density at radius 3 is 2.68 bits per heavy atom. The number of thioether (sulfide) groups is 1. The van der Waals surface area contributed by atoms with Crippen LogP contribution in [-0.2, 0) is 5.41 Å². The highest BCUT2D eigenvalue weighted by atomic mass is 32.2. The van der Waals surface area contributed by atoms with Crippen LogP contribution in [0.15, 0.2) is 27.6 Å². The standard InChI is InChI=1S/C13H17N3OS2/c1-8(7-18-10-6-16-12(14)19-10)11-15-5-9(17-11)13(2,3)4/h5-6H,1,7H2,2-4H3,(H2,14,16). The Hall–Kier alpha value is -1.27. The fourth-order valence-electron chi connectivity index (χ4n) is 1.34. The van der Waals surface area contributed by atoms with Gasteiger partial charge in [-0.2, -0.15) is 0 Å². The van der Waals surface area contributed by atoms with Gasteiger partial charge in [0.25, 0.3) is 0 Å². The molecule has 0 atom stereocenters. The zero-order valence-electron chi connectivity index (χ0n) is 11.3. The molecule has 0 spiro atoms. The second-order valence-electron chi connectivity index (χ2n) is 5.19. The molecule has 0 aromatic carbocycles. The smallest absolute Gasteiger partial charge is 0.222 e. The van der Waals surface area contributed by atoms with Crippen molar-refractivity contribution in [3.8, 4) is 0 Å². The van der Waals surface area contributed by atoms with Crippen LogP contribution in [0.3, 0.4) is 0 Å². The van der Waals surface area contributed by atoms with Crippen molar-refractivity contribution in [1.29, 1.82) is 0 Å². The number of hydrogen-bond donors (Lipinski definition) is 1. The second-order valence-corrected chi connectivity index (χ2v) is 7.53. The van der Waals surface area contributed by atoms with E-state index < -0.39 is 0 Å². The highest BCUT2D eigenvalue weighted by molar-refractivity contribution is 8.01. The maximum Gasteiger partial charge on any atom is 0.222 e. The van der Waals surface area contributed by atoms with E-state index in [1.807, 2.05) is 0 Å². The van der Waals surface area contributed by atoms with Crippen molar-refractivity contribution >= 4 is 33.8 Å². The highest BCUT2D eigenvalue weighted by Gasteiger charge is 2.20. The van der Waals surface area contributed by atoms with Crippen molar-refractivity contribution < 1.29 is 4.42 Å².